The van der Waals surface area contributed by atoms with Crippen molar-refractivity contribution in [2.24, 2.45) is 5.92 Å². The quantitative estimate of drug-likeness (QED) is 0.306. The van der Waals surface area contributed by atoms with Crippen LogP contribution in [-0.4, -0.2) is 33.8 Å². The fourth-order valence-corrected chi connectivity index (χ4v) is 12.7. The molecule has 3 rings (SSSR count). The van der Waals surface area contributed by atoms with E-state index < -0.39 is 36.0 Å². The number of nitrogens with zero attached hydrogens (tertiary/aromatic N) is 1. The van der Waals surface area contributed by atoms with Gasteiger partial charge in [0.2, 0.25) is 5.91 Å². The Balaban J connectivity index is 2.16. The van der Waals surface area contributed by atoms with E-state index >= 15 is 0 Å². The van der Waals surface area contributed by atoms with E-state index in [1.165, 1.54) is 19.2 Å². The Morgan fingerprint density at radius 3 is 1.92 bits per heavy atom. The minimum atomic E-state index is -4.08. The molecule has 1 heterocycles. The van der Waals surface area contributed by atoms with Crippen molar-refractivity contribution in [1.29, 1.82) is 0 Å². The van der Waals surface area contributed by atoms with Crippen molar-refractivity contribution in [1.82, 2.24) is 4.31 Å². The molecule has 1 aliphatic rings. The van der Waals surface area contributed by atoms with Gasteiger partial charge in [-0.15, -0.1) is 11.5 Å². The first-order valence-electron chi connectivity index (χ1n) is 12.7. The van der Waals surface area contributed by atoms with Crippen LogP contribution in [-0.2, 0) is 14.8 Å². The molecule has 0 N–H and O–H groups in total. The number of aryl methyl sites for hydroxylation is 1. The number of ether oxygens (including phenoxy) is 1. The third-order valence-electron chi connectivity index (χ3n) is 7.65. The number of methoxy groups -OCH3 is 1. The highest BCUT2D eigenvalue weighted by atomic mass is 32.2. The average Bonchev–Trinajstić information content (AvgIpc) is 3.16. The molecule has 5 nitrogen and oxygen atoms in total. The highest BCUT2D eigenvalue weighted by Crippen LogP contribution is 2.44. The molecule has 2 aromatic rings. The van der Waals surface area contributed by atoms with Gasteiger partial charge in [0.15, 0.2) is 0 Å². The summed E-state index contributed by atoms with van der Waals surface area (Å²) in [7, 11) is -4.61. The molecule has 0 bridgehead atoms. The minimum absolute atomic E-state index is 0.0673. The molecular formula is C29H39NO4SSi. The second kappa shape index (κ2) is 10.8. The molecule has 1 fully saturated rings. The van der Waals surface area contributed by atoms with Gasteiger partial charge in [-0.05, 0) is 53.4 Å². The van der Waals surface area contributed by atoms with E-state index in [4.69, 9.17) is 4.74 Å². The normalized spacial score (nSPS) is 18.6. The van der Waals surface area contributed by atoms with Crippen LogP contribution in [0.2, 0.25) is 16.6 Å². The minimum Gasteiger partial charge on any atom is -0.497 e. The van der Waals surface area contributed by atoms with Crippen LogP contribution in [0.1, 0.15) is 65.1 Å². The van der Waals surface area contributed by atoms with Crippen LogP contribution in [0.3, 0.4) is 0 Å². The van der Waals surface area contributed by atoms with Gasteiger partial charge < -0.3 is 4.74 Å². The van der Waals surface area contributed by atoms with Crippen LogP contribution in [0.25, 0.3) is 0 Å². The Bertz CT molecular complexity index is 1220. The average molecular weight is 526 g/mol. The molecule has 36 heavy (non-hydrogen) atoms. The Hall–Kier alpha value is -2.56. The number of hydrogen-bond donors (Lipinski definition) is 0. The van der Waals surface area contributed by atoms with Gasteiger partial charge in [-0.25, -0.2) is 12.7 Å². The van der Waals surface area contributed by atoms with Crippen LogP contribution in [0.4, 0.5) is 0 Å². The first-order chi connectivity index (χ1) is 16.9. The number of sulfonamides is 1. The topological polar surface area (TPSA) is 63.7 Å². The van der Waals surface area contributed by atoms with Gasteiger partial charge in [-0.3, -0.25) is 4.79 Å². The van der Waals surface area contributed by atoms with Crippen LogP contribution >= 0.6 is 0 Å². The van der Waals surface area contributed by atoms with E-state index in [0.717, 1.165) is 15.4 Å². The molecule has 1 saturated heterocycles. The van der Waals surface area contributed by atoms with E-state index in [0.29, 0.717) is 22.4 Å². The smallest absolute Gasteiger partial charge is 0.267 e. The van der Waals surface area contributed by atoms with Crippen LogP contribution in [0, 0.1) is 24.3 Å². The molecule has 7 heteroatoms. The third-order valence-corrected chi connectivity index (χ3v) is 15.8. The summed E-state index contributed by atoms with van der Waals surface area (Å²) in [4.78, 5) is 13.4. The van der Waals surface area contributed by atoms with Gasteiger partial charge >= 0.3 is 0 Å². The van der Waals surface area contributed by atoms with E-state index in [1.54, 1.807) is 12.1 Å². The molecule has 0 unspecified atom stereocenters. The van der Waals surface area contributed by atoms with E-state index in [1.807, 2.05) is 31.2 Å². The van der Waals surface area contributed by atoms with Crippen LogP contribution in [0.5, 0.6) is 5.75 Å². The van der Waals surface area contributed by atoms with Crippen molar-refractivity contribution < 1.29 is 17.9 Å². The summed E-state index contributed by atoms with van der Waals surface area (Å²) in [5.41, 5.74) is 6.92. The zero-order chi connectivity index (χ0) is 26.8. The largest absolute Gasteiger partial charge is 0.497 e. The van der Waals surface area contributed by atoms with Crippen molar-refractivity contribution in [3.05, 3.63) is 59.7 Å². The van der Waals surface area contributed by atoms with Gasteiger partial charge in [0.05, 0.1) is 24.0 Å². The van der Waals surface area contributed by atoms with Crippen molar-refractivity contribution in [3.63, 3.8) is 0 Å². The van der Waals surface area contributed by atoms with E-state index in [9.17, 15) is 13.2 Å². The fraction of sp³-hybridized carbons (Fsp3) is 0.483. The Kier molecular flexibility index (Phi) is 8.42. The second-order valence-electron chi connectivity index (χ2n) is 10.7. The summed E-state index contributed by atoms with van der Waals surface area (Å²) < 4.78 is 33.8. The Morgan fingerprint density at radius 2 is 1.44 bits per heavy atom. The Morgan fingerprint density at radius 1 is 0.917 bits per heavy atom. The summed E-state index contributed by atoms with van der Waals surface area (Å²) in [6, 6.07) is 13.2. The maximum atomic E-state index is 13.8. The predicted octanol–water partition coefficient (Wildman–Crippen LogP) is 6.50. The zero-order valence-electron chi connectivity index (χ0n) is 22.7. The number of amides is 1. The predicted molar refractivity (Wildman–Crippen MR) is 148 cm³/mol. The lowest BCUT2D eigenvalue weighted by Gasteiger charge is -2.38. The van der Waals surface area contributed by atoms with Crippen LogP contribution < -0.4 is 4.74 Å². The molecule has 1 amide bonds. The molecule has 0 aromatic heterocycles. The van der Waals surface area contributed by atoms with Gasteiger partial charge in [0.1, 0.15) is 13.8 Å². The SMILES string of the molecule is COc1ccc(S(=O)(=O)N2C(=O)C[C@H](C#C[Si](C(C)C)(C(C)C)C(C)C)[C@@H]2c2ccc(C)cc2)cc1. The monoisotopic (exact) mass is 525 g/mol. The summed E-state index contributed by atoms with van der Waals surface area (Å²) in [6.07, 6.45) is 0.0830. The lowest BCUT2D eigenvalue weighted by molar-refractivity contribution is -0.124. The Labute approximate surface area is 218 Å². The lowest BCUT2D eigenvalue weighted by Crippen LogP contribution is -2.43. The highest BCUT2D eigenvalue weighted by molar-refractivity contribution is 7.89. The lowest BCUT2D eigenvalue weighted by atomic mass is 9.94. The number of hydrogen-bond acceptors (Lipinski definition) is 4. The second-order valence-corrected chi connectivity index (χ2v) is 18.1. The molecule has 0 aliphatic carbocycles. The number of carbonyl (C=O) groups is 1. The maximum Gasteiger partial charge on any atom is 0.267 e. The van der Waals surface area contributed by atoms with Crippen molar-refractivity contribution in [2.45, 2.75) is 82.4 Å². The highest BCUT2D eigenvalue weighted by Gasteiger charge is 2.48. The van der Waals surface area contributed by atoms with Gasteiger partial charge in [-0.1, -0.05) is 71.4 Å². The van der Waals surface area contributed by atoms with Crippen molar-refractivity contribution in [2.75, 3.05) is 7.11 Å². The molecule has 0 saturated carbocycles. The number of benzene rings is 2. The molecule has 0 radical (unpaired) electrons. The third kappa shape index (κ3) is 5.12. The summed E-state index contributed by atoms with van der Waals surface area (Å²) in [6.45, 7) is 15.5. The first kappa shape index (κ1) is 28.0. The van der Waals surface area contributed by atoms with Crippen molar-refractivity contribution in [3.8, 4) is 17.2 Å². The molecule has 1 aliphatic heterocycles. The maximum absolute atomic E-state index is 13.8. The molecule has 0 spiro atoms. The van der Waals surface area contributed by atoms with Gasteiger partial charge in [0, 0.05) is 6.42 Å². The summed E-state index contributed by atoms with van der Waals surface area (Å²) >= 11 is 0. The van der Waals surface area contributed by atoms with Crippen LogP contribution in [0.15, 0.2) is 53.4 Å². The molecule has 2 atom stereocenters. The van der Waals surface area contributed by atoms with Gasteiger partial charge in [0.25, 0.3) is 10.0 Å². The summed E-state index contributed by atoms with van der Waals surface area (Å²) in [5, 5.41) is 0. The molecular weight excluding hydrogens is 486 g/mol. The molecule has 2 aromatic carbocycles. The zero-order valence-corrected chi connectivity index (χ0v) is 24.5. The van der Waals surface area contributed by atoms with Crippen molar-refractivity contribution >= 4 is 24.0 Å². The standard InChI is InChI=1S/C29H39NO4SSi/c1-20(2)36(21(3)4,22(5)6)18-17-25-19-28(31)30(29(25)24-11-9-23(7)10-12-24)35(32,33)27-15-13-26(34-8)14-16-27/h9-16,20-22,25,29H,19H2,1-8H3/t25-,29-/m0/s1. The fourth-order valence-electron chi connectivity index (χ4n) is 5.77. The molecule has 194 valence electrons. The number of carbonyl (C=O) groups excluding carboxylic acids is 1. The first-order valence-corrected chi connectivity index (χ1v) is 16.3. The number of rotatable bonds is 7. The summed E-state index contributed by atoms with van der Waals surface area (Å²) in [5.74, 6) is 3.23. The van der Waals surface area contributed by atoms with E-state index in [-0.39, 0.29) is 11.3 Å². The van der Waals surface area contributed by atoms with E-state index in [2.05, 4.69) is 53.0 Å². The van der Waals surface area contributed by atoms with Gasteiger partial charge in [-0.2, -0.15) is 0 Å².